The summed E-state index contributed by atoms with van der Waals surface area (Å²) in [6.07, 6.45) is 0.964. The Morgan fingerprint density at radius 3 is 2.45 bits per heavy atom. The molecule has 0 aliphatic carbocycles. The third-order valence-electron chi connectivity index (χ3n) is 5.44. The third-order valence-corrected chi connectivity index (χ3v) is 5.44. The molecule has 1 aliphatic rings. The average molecular weight is 386 g/mol. The van der Waals surface area contributed by atoms with Crippen molar-refractivity contribution in [1.82, 2.24) is 9.88 Å². The number of nitrogen functional groups attached to an aromatic ring is 1. The number of carbonyl (C=O) groups is 1. The lowest BCUT2D eigenvalue weighted by Gasteiger charge is -2.25. The van der Waals surface area contributed by atoms with Gasteiger partial charge in [0.25, 0.3) is 5.91 Å². The number of para-hydroxylation sites is 1. The molecule has 0 spiro atoms. The zero-order chi connectivity index (χ0) is 20.2. The lowest BCUT2D eigenvalue weighted by Crippen LogP contribution is -2.35. The molecular formula is C24H26N4O. The number of hydrogen-bond acceptors (Lipinski definition) is 4. The van der Waals surface area contributed by atoms with E-state index in [4.69, 9.17) is 5.73 Å². The van der Waals surface area contributed by atoms with Gasteiger partial charge in [-0.1, -0.05) is 36.4 Å². The van der Waals surface area contributed by atoms with Crippen LogP contribution < -0.4 is 10.6 Å². The van der Waals surface area contributed by atoms with Crippen LogP contribution >= 0.6 is 0 Å². The van der Waals surface area contributed by atoms with Gasteiger partial charge in [-0.25, -0.2) is 4.98 Å². The molecule has 2 heterocycles. The van der Waals surface area contributed by atoms with Crippen molar-refractivity contribution < 1.29 is 4.79 Å². The van der Waals surface area contributed by atoms with Gasteiger partial charge in [-0.3, -0.25) is 4.79 Å². The minimum atomic E-state index is 0.0868. The van der Waals surface area contributed by atoms with E-state index in [0.717, 1.165) is 43.9 Å². The van der Waals surface area contributed by atoms with Gasteiger partial charge in [-0.05, 0) is 49.2 Å². The normalized spacial score (nSPS) is 14.5. The topological polar surface area (TPSA) is 62.5 Å². The van der Waals surface area contributed by atoms with Crippen LogP contribution in [-0.2, 0) is 0 Å². The highest BCUT2D eigenvalue weighted by molar-refractivity contribution is 5.94. The molecule has 2 N–H and O–H groups in total. The molecular weight excluding hydrogens is 360 g/mol. The van der Waals surface area contributed by atoms with Gasteiger partial charge < -0.3 is 15.5 Å². The Bertz CT molecular complexity index is 1000. The fraction of sp³-hybridized carbons (Fsp3) is 0.250. The van der Waals surface area contributed by atoms with Gasteiger partial charge in [0.1, 0.15) is 5.82 Å². The second kappa shape index (κ2) is 8.35. The van der Waals surface area contributed by atoms with Gasteiger partial charge in [0.15, 0.2) is 0 Å². The number of benzene rings is 2. The zero-order valence-electron chi connectivity index (χ0n) is 16.7. The van der Waals surface area contributed by atoms with Gasteiger partial charge in [-0.2, -0.15) is 0 Å². The van der Waals surface area contributed by atoms with Crippen molar-refractivity contribution in [3.63, 3.8) is 0 Å². The molecule has 1 saturated heterocycles. The molecule has 3 aromatic rings. The van der Waals surface area contributed by atoms with E-state index in [9.17, 15) is 4.79 Å². The maximum absolute atomic E-state index is 13.0. The second-order valence-corrected chi connectivity index (χ2v) is 7.44. The number of nitrogens with zero attached hydrogens (tertiary/aromatic N) is 3. The molecule has 5 nitrogen and oxygen atoms in total. The Morgan fingerprint density at radius 1 is 0.897 bits per heavy atom. The van der Waals surface area contributed by atoms with Gasteiger partial charge in [-0.15, -0.1) is 0 Å². The summed E-state index contributed by atoms with van der Waals surface area (Å²) in [5.41, 5.74) is 10.8. The Labute approximate surface area is 171 Å². The Morgan fingerprint density at radius 2 is 1.69 bits per heavy atom. The summed E-state index contributed by atoms with van der Waals surface area (Å²) in [6.45, 7) is 5.46. The highest BCUT2D eigenvalue weighted by Crippen LogP contribution is 2.22. The number of carbonyl (C=O) groups excluding carboxylic acids is 1. The minimum absolute atomic E-state index is 0.0868. The predicted octanol–water partition coefficient (Wildman–Crippen LogP) is 3.99. The van der Waals surface area contributed by atoms with E-state index in [1.165, 1.54) is 11.3 Å². The average Bonchev–Trinajstić information content (AvgIpc) is 3.00. The lowest BCUT2D eigenvalue weighted by molar-refractivity contribution is 0.0767. The first-order valence-corrected chi connectivity index (χ1v) is 10.0. The van der Waals surface area contributed by atoms with Crippen LogP contribution in [-0.4, -0.2) is 42.0 Å². The predicted molar refractivity (Wildman–Crippen MR) is 118 cm³/mol. The van der Waals surface area contributed by atoms with E-state index in [1.54, 1.807) is 6.07 Å². The van der Waals surface area contributed by atoms with E-state index in [1.807, 2.05) is 41.3 Å². The number of aromatic nitrogens is 1. The van der Waals surface area contributed by atoms with Crippen LogP contribution in [0.5, 0.6) is 0 Å². The highest BCUT2D eigenvalue weighted by Gasteiger charge is 2.21. The van der Waals surface area contributed by atoms with E-state index in [0.29, 0.717) is 11.4 Å². The first kappa shape index (κ1) is 19.0. The van der Waals surface area contributed by atoms with Crippen LogP contribution in [0.4, 0.5) is 11.5 Å². The number of anilines is 2. The summed E-state index contributed by atoms with van der Waals surface area (Å²) in [6, 6.07) is 21.6. The smallest absolute Gasteiger partial charge is 0.253 e. The Balaban J connectivity index is 1.45. The van der Waals surface area contributed by atoms with Crippen molar-refractivity contribution in [3.8, 4) is 11.3 Å². The van der Waals surface area contributed by atoms with E-state index in [-0.39, 0.29) is 5.91 Å². The molecule has 148 valence electrons. The maximum atomic E-state index is 13.0. The Hall–Kier alpha value is -3.34. The molecule has 0 saturated carbocycles. The summed E-state index contributed by atoms with van der Waals surface area (Å²) in [4.78, 5) is 21.7. The van der Waals surface area contributed by atoms with Crippen molar-refractivity contribution in [3.05, 3.63) is 77.9 Å². The fourth-order valence-electron chi connectivity index (χ4n) is 3.86. The van der Waals surface area contributed by atoms with Crippen molar-refractivity contribution in [2.24, 2.45) is 0 Å². The Kier molecular flexibility index (Phi) is 5.47. The summed E-state index contributed by atoms with van der Waals surface area (Å²) in [5.74, 6) is 0.578. The summed E-state index contributed by atoms with van der Waals surface area (Å²) in [5, 5.41) is 0. The van der Waals surface area contributed by atoms with Gasteiger partial charge in [0.2, 0.25) is 0 Å². The fourth-order valence-corrected chi connectivity index (χ4v) is 3.86. The zero-order valence-corrected chi connectivity index (χ0v) is 16.7. The molecule has 1 aliphatic heterocycles. The molecule has 5 heteroatoms. The molecule has 0 bridgehead atoms. The van der Waals surface area contributed by atoms with Crippen molar-refractivity contribution in [2.45, 2.75) is 13.3 Å². The van der Waals surface area contributed by atoms with E-state index >= 15 is 0 Å². The molecule has 29 heavy (non-hydrogen) atoms. The van der Waals surface area contributed by atoms with Gasteiger partial charge in [0, 0.05) is 43.0 Å². The second-order valence-electron chi connectivity index (χ2n) is 7.44. The van der Waals surface area contributed by atoms with Crippen LogP contribution in [0.3, 0.4) is 0 Å². The van der Waals surface area contributed by atoms with Crippen LogP contribution in [0.2, 0.25) is 0 Å². The molecule has 0 unspecified atom stereocenters. The van der Waals surface area contributed by atoms with Crippen LogP contribution in [0.15, 0.2) is 66.7 Å². The summed E-state index contributed by atoms with van der Waals surface area (Å²) < 4.78 is 0. The quantitative estimate of drug-likeness (QED) is 0.739. The molecule has 1 amide bonds. The third kappa shape index (κ3) is 4.24. The number of amides is 1. The first-order chi connectivity index (χ1) is 14.1. The largest absolute Gasteiger partial charge is 0.384 e. The lowest BCUT2D eigenvalue weighted by atomic mass is 10.1. The molecule has 0 atom stereocenters. The van der Waals surface area contributed by atoms with Crippen LogP contribution in [0.1, 0.15) is 22.3 Å². The van der Waals surface area contributed by atoms with Crippen molar-refractivity contribution >= 4 is 17.4 Å². The monoisotopic (exact) mass is 386 g/mol. The molecule has 1 fully saturated rings. The summed E-state index contributed by atoms with van der Waals surface area (Å²) >= 11 is 0. The SMILES string of the molecule is Cc1ccccc1N1CCCN(C(=O)c2ccc(-c3cccc(N)n3)cc2)CC1. The number of aryl methyl sites for hydroxylation is 1. The standard InChI is InChI=1S/C24H26N4O/c1-18-6-2-3-8-22(18)27-14-5-15-28(17-16-27)24(29)20-12-10-19(11-13-20)21-7-4-9-23(25)26-21/h2-4,6-13H,5,14-17H2,1H3,(H2,25,26). The van der Waals surface area contributed by atoms with Crippen molar-refractivity contribution in [1.29, 1.82) is 0 Å². The van der Waals surface area contributed by atoms with Gasteiger partial charge >= 0.3 is 0 Å². The number of rotatable bonds is 3. The molecule has 1 aromatic heterocycles. The maximum Gasteiger partial charge on any atom is 0.253 e. The molecule has 2 aromatic carbocycles. The van der Waals surface area contributed by atoms with Crippen LogP contribution in [0, 0.1) is 6.92 Å². The van der Waals surface area contributed by atoms with Crippen LogP contribution in [0.25, 0.3) is 11.3 Å². The summed E-state index contributed by atoms with van der Waals surface area (Å²) in [7, 11) is 0. The molecule has 4 rings (SSSR count). The van der Waals surface area contributed by atoms with Gasteiger partial charge in [0.05, 0.1) is 5.69 Å². The van der Waals surface area contributed by atoms with E-state index in [2.05, 4.69) is 41.1 Å². The minimum Gasteiger partial charge on any atom is -0.384 e. The number of nitrogens with two attached hydrogens (primary N) is 1. The van der Waals surface area contributed by atoms with E-state index < -0.39 is 0 Å². The van der Waals surface area contributed by atoms with Crippen molar-refractivity contribution in [2.75, 3.05) is 36.8 Å². The number of pyridine rings is 1. The highest BCUT2D eigenvalue weighted by atomic mass is 16.2. The number of hydrogen-bond donors (Lipinski definition) is 1. The molecule has 0 radical (unpaired) electrons. The first-order valence-electron chi connectivity index (χ1n) is 10.0.